The molecule has 44 heavy (non-hydrogen) atoms. The van der Waals surface area contributed by atoms with Gasteiger partial charge in [-0.3, -0.25) is 0 Å². The third-order valence-electron chi connectivity index (χ3n) is 8.10. The highest BCUT2D eigenvalue weighted by molar-refractivity contribution is 9.10. The summed E-state index contributed by atoms with van der Waals surface area (Å²) in [5, 5.41) is 8.59. The van der Waals surface area contributed by atoms with Gasteiger partial charge in [0, 0.05) is 21.5 Å². The van der Waals surface area contributed by atoms with Crippen molar-refractivity contribution in [2.75, 3.05) is 5.32 Å². The molecule has 0 spiro atoms. The van der Waals surface area contributed by atoms with Gasteiger partial charge in [0.05, 0.1) is 5.57 Å². The molecule has 0 saturated heterocycles. The lowest BCUT2D eigenvalue weighted by Crippen LogP contribution is -2.32. The Morgan fingerprint density at radius 2 is 1.80 bits per heavy atom. The van der Waals surface area contributed by atoms with Gasteiger partial charge in [0.25, 0.3) is 0 Å². The van der Waals surface area contributed by atoms with Crippen LogP contribution < -0.4 is 10.1 Å². The predicted octanol–water partition coefficient (Wildman–Crippen LogP) is 8.52. The molecule has 1 aliphatic heterocycles. The summed E-state index contributed by atoms with van der Waals surface area (Å²) in [6.07, 6.45) is 4.88. The number of ether oxygens (including phenoxy) is 2. The van der Waals surface area contributed by atoms with E-state index < -0.39 is 6.04 Å². The van der Waals surface area contributed by atoms with Crippen molar-refractivity contribution in [2.45, 2.75) is 75.6 Å². The first-order valence-electron chi connectivity index (χ1n) is 14.9. The van der Waals surface area contributed by atoms with E-state index in [4.69, 9.17) is 19.6 Å². The summed E-state index contributed by atoms with van der Waals surface area (Å²) in [5.74, 6) is 0.836. The Morgan fingerprint density at radius 3 is 2.57 bits per heavy atom. The maximum atomic E-state index is 14.3. The molecule has 0 radical (unpaired) electrons. The molecule has 1 aromatic heterocycles. The number of halogens is 2. The van der Waals surface area contributed by atoms with Crippen LogP contribution in [0.5, 0.6) is 5.75 Å². The average Bonchev–Trinajstić information content (AvgIpc) is 3.43. The number of nitrogens with one attached hydrogen (secondary N) is 1. The van der Waals surface area contributed by atoms with E-state index in [1.807, 2.05) is 49.4 Å². The van der Waals surface area contributed by atoms with Gasteiger partial charge in [-0.05, 0) is 80.5 Å². The molecule has 228 valence electrons. The minimum atomic E-state index is -0.665. The number of benzene rings is 3. The molecule has 1 atom stereocenters. The number of carbonyl (C=O) groups excluding carboxylic acids is 1. The van der Waals surface area contributed by atoms with E-state index in [1.165, 1.54) is 17.8 Å². The molecule has 2 heterocycles. The Bertz CT molecular complexity index is 1700. The highest BCUT2D eigenvalue weighted by Crippen LogP contribution is 2.42. The van der Waals surface area contributed by atoms with Gasteiger partial charge in [-0.2, -0.15) is 4.98 Å². The zero-order valence-corrected chi connectivity index (χ0v) is 27.1. The van der Waals surface area contributed by atoms with E-state index in [9.17, 15) is 9.18 Å². The number of aromatic nitrogens is 3. The number of rotatable bonds is 9. The van der Waals surface area contributed by atoms with E-state index in [1.54, 1.807) is 16.8 Å². The normalized spacial score (nSPS) is 16.8. The van der Waals surface area contributed by atoms with Gasteiger partial charge in [0.15, 0.2) is 0 Å². The predicted molar refractivity (Wildman–Crippen MR) is 173 cm³/mol. The second-order valence-corrected chi connectivity index (χ2v) is 13.0. The number of carbonyl (C=O) groups is 1. The van der Waals surface area contributed by atoms with Crippen LogP contribution in [-0.4, -0.2) is 26.8 Å². The maximum Gasteiger partial charge on any atom is 0.338 e. The van der Waals surface area contributed by atoms with E-state index >= 15 is 0 Å². The zero-order chi connectivity index (χ0) is 30.6. The van der Waals surface area contributed by atoms with Crippen LogP contribution in [0, 0.1) is 12.7 Å². The first-order chi connectivity index (χ1) is 21.4. The molecule has 10 heteroatoms. The number of nitrogens with zero attached hydrogens (tertiary/aromatic N) is 3. The summed E-state index contributed by atoms with van der Waals surface area (Å²) < 4.78 is 29.4. The molecule has 0 bridgehead atoms. The molecule has 1 N–H and O–H groups in total. The van der Waals surface area contributed by atoms with Crippen LogP contribution in [0.1, 0.15) is 67.3 Å². The molecule has 1 unspecified atom stereocenters. The number of allylic oxidation sites excluding steroid dienone is 1. The van der Waals surface area contributed by atoms with Crippen LogP contribution in [0.25, 0.3) is 0 Å². The smallest absolute Gasteiger partial charge is 0.338 e. The van der Waals surface area contributed by atoms with E-state index in [-0.39, 0.29) is 17.9 Å². The molecular formula is C34H34BrFN4O3S. The lowest BCUT2D eigenvalue weighted by molar-refractivity contribution is -0.146. The molecule has 3 aromatic carbocycles. The van der Waals surface area contributed by atoms with Crippen molar-refractivity contribution in [3.05, 3.63) is 111 Å². The summed E-state index contributed by atoms with van der Waals surface area (Å²) in [6.45, 7) is 4.28. The van der Waals surface area contributed by atoms with Crippen molar-refractivity contribution in [2.24, 2.45) is 0 Å². The zero-order valence-electron chi connectivity index (χ0n) is 24.7. The van der Waals surface area contributed by atoms with Crippen LogP contribution in [0.3, 0.4) is 0 Å². The largest absolute Gasteiger partial charge is 0.489 e. The summed E-state index contributed by atoms with van der Waals surface area (Å²) in [6, 6.07) is 19.9. The standard InChI is InChI=1S/C34H34BrFN4O3S/c1-21-10-6-7-11-23(21)19-42-29-17-16-25(35)18-27(29)31-30(32(41)43-26-13-4-3-5-14-26)22(2)37-33-38-34(39-40(31)33)44-20-24-12-8-9-15-28(24)36/h6-12,15-18,26,31H,3-5,13-14,19-20H2,1-2H3,(H,37,38,39). The topological polar surface area (TPSA) is 78.3 Å². The lowest BCUT2D eigenvalue weighted by Gasteiger charge is -2.31. The van der Waals surface area contributed by atoms with Crippen molar-refractivity contribution in [3.8, 4) is 5.75 Å². The van der Waals surface area contributed by atoms with Gasteiger partial charge in [-0.1, -0.05) is 76.6 Å². The van der Waals surface area contributed by atoms with Crippen molar-refractivity contribution in [3.63, 3.8) is 0 Å². The molecular weight excluding hydrogens is 643 g/mol. The maximum absolute atomic E-state index is 14.3. The Hall–Kier alpha value is -3.63. The third kappa shape index (κ3) is 6.71. The monoisotopic (exact) mass is 676 g/mol. The van der Waals surface area contributed by atoms with Gasteiger partial charge in [-0.15, -0.1) is 5.10 Å². The Labute approximate surface area is 269 Å². The highest BCUT2D eigenvalue weighted by atomic mass is 79.9. The lowest BCUT2D eigenvalue weighted by atomic mass is 9.94. The number of hydrogen-bond donors (Lipinski definition) is 1. The minimum Gasteiger partial charge on any atom is -0.489 e. The van der Waals surface area contributed by atoms with Crippen LogP contribution in [0.2, 0.25) is 0 Å². The fourth-order valence-electron chi connectivity index (χ4n) is 5.69. The second kappa shape index (κ2) is 13.6. The van der Waals surface area contributed by atoms with Crippen LogP contribution in [0.15, 0.2) is 87.6 Å². The van der Waals surface area contributed by atoms with Gasteiger partial charge in [0.2, 0.25) is 11.1 Å². The molecule has 1 saturated carbocycles. The molecule has 0 amide bonds. The third-order valence-corrected chi connectivity index (χ3v) is 9.48. The molecule has 1 fully saturated rings. The molecule has 7 nitrogen and oxygen atoms in total. The van der Waals surface area contributed by atoms with Crippen molar-refractivity contribution >= 4 is 39.6 Å². The van der Waals surface area contributed by atoms with Gasteiger partial charge in [0.1, 0.15) is 30.3 Å². The summed E-state index contributed by atoms with van der Waals surface area (Å²) >= 11 is 4.97. The quantitative estimate of drug-likeness (QED) is 0.141. The number of hydrogen-bond acceptors (Lipinski definition) is 7. The molecule has 4 aromatic rings. The number of aryl methyl sites for hydroxylation is 1. The van der Waals surface area contributed by atoms with E-state index in [0.29, 0.717) is 46.0 Å². The fraction of sp³-hybridized carbons (Fsp3) is 0.324. The Kier molecular flexibility index (Phi) is 9.37. The average molecular weight is 678 g/mol. The summed E-state index contributed by atoms with van der Waals surface area (Å²) in [5.41, 5.74) is 4.63. The Morgan fingerprint density at radius 1 is 1.05 bits per heavy atom. The van der Waals surface area contributed by atoms with Crippen LogP contribution >= 0.6 is 27.7 Å². The number of thioether (sulfide) groups is 1. The first kappa shape index (κ1) is 30.4. The van der Waals surface area contributed by atoms with Crippen molar-refractivity contribution < 1.29 is 18.7 Å². The molecule has 6 rings (SSSR count). The van der Waals surface area contributed by atoms with Gasteiger partial charge in [-0.25, -0.2) is 13.9 Å². The Balaban J connectivity index is 1.38. The number of anilines is 1. The molecule has 2 aliphatic rings. The van der Waals surface area contributed by atoms with E-state index in [0.717, 1.165) is 53.3 Å². The fourth-order valence-corrected chi connectivity index (χ4v) is 6.89. The highest BCUT2D eigenvalue weighted by Gasteiger charge is 2.38. The van der Waals surface area contributed by atoms with Crippen LogP contribution in [-0.2, 0) is 21.9 Å². The minimum absolute atomic E-state index is 0.111. The number of esters is 1. The van der Waals surface area contributed by atoms with Gasteiger partial charge >= 0.3 is 5.97 Å². The molecule has 1 aliphatic carbocycles. The van der Waals surface area contributed by atoms with Crippen molar-refractivity contribution in [1.29, 1.82) is 0 Å². The SMILES string of the molecule is CC1=C(C(=O)OC2CCCCC2)C(c2cc(Br)ccc2OCc2ccccc2C)n2nc(SCc3ccccc3F)nc2N1. The van der Waals surface area contributed by atoms with Gasteiger partial charge < -0.3 is 14.8 Å². The summed E-state index contributed by atoms with van der Waals surface area (Å²) in [4.78, 5) is 18.7. The summed E-state index contributed by atoms with van der Waals surface area (Å²) in [7, 11) is 0. The first-order valence-corrected chi connectivity index (χ1v) is 16.6. The number of fused-ring (bicyclic) bond motifs is 1. The second-order valence-electron chi connectivity index (χ2n) is 11.2. The van der Waals surface area contributed by atoms with Crippen LogP contribution in [0.4, 0.5) is 10.3 Å². The van der Waals surface area contributed by atoms with E-state index in [2.05, 4.69) is 34.2 Å². The van der Waals surface area contributed by atoms with Crippen molar-refractivity contribution in [1.82, 2.24) is 14.8 Å².